The maximum atomic E-state index is 5.82. The van der Waals surface area contributed by atoms with Gasteiger partial charge in [0.25, 0.3) is 0 Å². The minimum Gasteiger partial charge on any atom is -0.488 e. The average Bonchev–Trinajstić information content (AvgIpc) is 2.57. The molecule has 0 bridgehead atoms. The van der Waals surface area contributed by atoms with Crippen LogP contribution >= 0.6 is 11.6 Å². The first-order valence-electron chi connectivity index (χ1n) is 4.34. The summed E-state index contributed by atoms with van der Waals surface area (Å²) in [7, 11) is 0. The molecule has 0 spiro atoms. The van der Waals surface area contributed by atoms with Crippen LogP contribution in [0.5, 0.6) is 5.75 Å². The highest BCUT2D eigenvalue weighted by Crippen LogP contribution is 2.20. The van der Waals surface area contributed by atoms with Gasteiger partial charge in [0.15, 0.2) is 0 Å². The fourth-order valence-corrected chi connectivity index (χ4v) is 1.52. The van der Waals surface area contributed by atoms with Crippen LogP contribution in [0, 0.1) is 0 Å². The molecule has 0 saturated carbocycles. The van der Waals surface area contributed by atoms with Gasteiger partial charge in [0.2, 0.25) is 0 Å². The Morgan fingerprint density at radius 1 is 1.46 bits per heavy atom. The van der Waals surface area contributed by atoms with Crippen molar-refractivity contribution in [2.24, 2.45) is 0 Å². The highest BCUT2D eigenvalue weighted by Gasteiger charge is 2.16. The quantitative estimate of drug-likeness (QED) is 0.727. The van der Waals surface area contributed by atoms with E-state index in [4.69, 9.17) is 21.1 Å². The van der Waals surface area contributed by atoms with E-state index in [0.29, 0.717) is 11.6 Å². The van der Waals surface area contributed by atoms with Crippen molar-refractivity contribution in [3.63, 3.8) is 0 Å². The first-order chi connectivity index (χ1) is 6.34. The standard InChI is InChI=1S/C10H11ClO2/c11-8-2-1-3-9(6-8)13-10-4-5-12-7-10/h1-3,6,10H,4-5,7H2. The van der Waals surface area contributed by atoms with Crippen molar-refractivity contribution in [3.05, 3.63) is 29.3 Å². The second-order valence-corrected chi connectivity index (χ2v) is 3.50. The molecule has 2 nitrogen and oxygen atoms in total. The van der Waals surface area contributed by atoms with Crippen molar-refractivity contribution in [2.75, 3.05) is 13.2 Å². The zero-order valence-electron chi connectivity index (χ0n) is 7.20. The number of hydrogen-bond donors (Lipinski definition) is 0. The Morgan fingerprint density at radius 2 is 2.38 bits per heavy atom. The van der Waals surface area contributed by atoms with E-state index in [1.54, 1.807) is 0 Å². The topological polar surface area (TPSA) is 18.5 Å². The van der Waals surface area contributed by atoms with E-state index in [9.17, 15) is 0 Å². The minimum atomic E-state index is 0.193. The van der Waals surface area contributed by atoms with Crippen LogP contribution in [0.2, 0.25) is 5.02 Å². The predicted molar refractivity (Wildman–Crippen MR) is 51.3 cm³/mol. The summed E-state index contributed by atoms with van der Waals surface area (Å²) in [5.41, 5.74) is 0. The summed E-state index contributed by atoms with van der Waals surface area (Å²) >= 11 is 5.82. The summed E-state index contributed by atoms with van der Waals surface area (Å²) in [5, 5.41) is 0.705. The Bertz CT molecular complexity index is 282. The summed E-state index contributed by atoms with van der Waals surface area (Å²) in [6, 6.07) is 7.44. The molecule has 0 amide bonds. The van der Waals surface area contributed by atoms with Gasteiger partial charge in [-0.2, -0.15) is 0 Å². The molecule has 0 radical (unpaired) electrons. The van der Waals surface area contributed by atoms with Crippen molar-refractivity contribution in [1.29, 1.82) is 0 Å². The predicted octanol–water partition coefficient (Wildman–Crippen LogP) is 2.51. The zero-order valence-corrected chi connectivity index (χ0v) is 7.96. The van der Waals surface area contributed by atoms with Gasteiger partial charge < -0.3 is 9.47 Å². The average molecular weight is 199 g/mol. The van der Waals surface area contributed by atoms with Crippen LogP contribution in [0.1, 0.15) is 6.42 Å². The summed E-state index contributed by atoms with van der Waals surface area (Å²) in [4.78, 5) is 0. The van der Waals surface area contributed by atoms with Crippen molar-refractivity contribution in [3.8, 4) is 5.75 Å². The summed E-state index contributed by atoms with van der Waals surface area (Å²) in [6.07, 6.45) is 1.16. The molecule has 1 heterocycles. The molecule has 70 valence electrons. The molecule has 1 atom stereocenters. The zero-order chi connectivity index (χ0) is 9.10. The highest BCUT2D eigenvalue weighted by molar-refractivity contribution is 6.30. The number of hydrogen-bond acceptors (Lipinski definition) is 2. The summed E-state index contributed by atoms with van der Waals surface area (Å²) < 4.78 is 10.8. The van der Waals surface area contributed by atoms with E-state index in [0.717, 1.165) is 18.8 Å². The van der Waals surface area contributed by atoms with E-state index in [2.05, 4.69) is 0 Å². The van der Waals surface area contributed by atoms with Gasteiger partial charge in [0.1, 0.15) is 11.9 Å². The van der Waals surface area contributed by atoms with E-state index in [-0.39, 0.29) is 6.10 Å². The molecular formula is C10H11ClO2. The number of rotatable bonds is 2. The van der Waals surface area contributed by atoms with E-state index < -0.39 is 0 Å². The minimum absolute atomic E-state index is 0.193. The van der Waals surface area contributed by atoms with E-state index in [1.807, 2.05) is 24.3 Å². The molecule has 3 heteroatoms. The lowest BCUT2D eigenvalue weighted by Crippen LogP contribution is -2.15. The lowest BCUT2D eigenvalue weighted by molar-refractivity contribution is 0.141. The smallest absolute Gasteiger partial charge is 0.124 e. The normalized spacial score (nSPS) is 21.8. The Morgan fingerprint density at radius 3 is 3.08 bits per heavy atom. The Balaban J connectivity index is 2.00. The Hall–Kier alpha value is -0.730. The first kappa shape index (κ1) is 8.85. The SMILES string of the molecule is Clc1cccc(OC2CCOC2)c1. The van der Waals surface area contributed by atoms with Gasteiger partial charge in [0, 0.05) is 11.4 Å². The van der Waals surface area contributed by atoms with Gasteiger partial charge in [-0.3, -0.25) is 0 Å². The number of benzene rings is 1. The molecule has 1 unspecified atom stereocenters. The van der Waals surface area contributed by atoms with Gasteiger partial charge in [-0.15, -0.1) is 0 Å². The highest BCUT2D eigenvalue weighted by atomic mass is 35.5. The molecule has 1 aromatic carbocycles. The maximum Gasteiger partial charge on any atom is 0.124 e. The van der Waals surface area contributed by atoms with Crippen molar-refractivity contribution < 1.29 is 9.47 Å². The molecule has 1 fully saturated rings. The van der Waals surface area contributed by atoms with E-state index >= 15 is 0 Å². The molecular weight excluding hydrogens is 188 g/mol. The summed E-state index contributed by atoms with van der Waals surface area (Å²) in [6.45, 7) is 1.48. The second kappa shape index (κ2) is 3.99. The van der Waals surface area contributed by atoms with E-state index in [1.165, 1.54) is 0 Å². The lowest BCUT2D eigenvalue weighted by atomic mass is 10.3. The maximum absolute atomic E-state index is 5.82. The Labute approximate surface area is 82.4 Å². The Kier molecular flexibility index (Phi) is 2.71. The van der Waals surface area contributed by atoms with Crippen LogP contribution in [0.3, 0.4) is 0 Å². The van der Waals surface area contributed by atoms with Crippen LogP contribution in [0.4, 0.5) is 0 Å². The largest absolute Gasteiger partial charge is 0.488 e. The van der Waals surface area contributed by atoms with Crippen LogP contribution in [0.25, 0.3) is 0 Å². The van der Waals surface area contributed by atoms with Crippen LogP contribution in [-0.2, 0) is 4.74 Å². The third kappa shape index (κ3) is 2.36. The summed E-state index contributed by atoms with van der Waals surface area (Å²) in [5.74, 6) is 0.822. The molecule has 1 aliphatic heterocycles. The third-order valence-electron chi connectivity index (χ3n) is 1.99. The molecule has 2 rings (SSSR count). The molecule has 13 heavy (non-hydrogen) atoms. The second-order valence-electron chi connectivity index (χ2n) is 3.06. The molecule has 0 N–H and O–H groups in total. The molecule has 0 aliphatic carbocycles. The molecule has 0 aromatic heterocycles. The lowest BCUT2D eigenvalue weighted by Gasteiger charge is -2.11. The number of ether oxygens (including phenoxy) is 2. The van der Waals surface area contributed by atoms with Crippen molar-refractivity contribution in [2.45, 2.75) is 12.5 Å². The molecule has 1 aromatic rings. The van der Waals surface area contributed by atoms with Gasteiger partial charge in [0.05, 0.1) is 13.2 Å². The van der Waals surface area contributed by atoms with Gasteiger partial charge in [-0.05, 0) is 18.2 Å². The van der Waals surface area contributed by atoms with Gasteiger partial charge in [-0.1, -0.05) is 17.7 Å². The first-order valence-corrected chi connectivity index (χ1v) is 4.72. The third-order valence-corrected chi connectivity index (χ3v) is 2.22. The van der Waals surface area contributed by atoms with Crippen LogP contribution in [0.15, 0.2) is 24.3 Å². The van der Waals surface area contributed by atoms with Crippen LogP contribution < -0.4 is 4.74 Å². The van der Waals surface area contributed by atoms with Gasteiger partial charge >= 0.3 is 0 Å². The molecule has 1 saturated heterocycles. The van der Waals surface area contributed by atoms with Gasteiger partial charge in [-0.25, -0.2) is 0 Å². The van der Waals surface area contributed by atoms with Crippen LogP contribution in [-0.4, -0.2) is 19.3 Å². The monoisotopic (exact) mass is 198 g/mol. The molecule has 1 aliphatic rings. The fraction of sp³-hybridized carbons (Fsp3) is 0.400. The fourth-order valence-electron chi connectivity index (χ4n) is 1.34. The van der Waals surface area contributed by atoms with Crippen molar-refractivity contribution in [1.82, 2.24) is 0 Å². The van der Waals surface area contributed by atoms with Crippen molar-refractivity contribution >= 4 is 11.6 Å². The number of halogens is 1.